The van der Waals surface area contributed by atoms with E-state index in [-0.39, 0.29) is 24.8 Å². The first-order valence-corrected chi connectivity index (χ1v) is 10.3. The summed E-state index contributed by atoms with van der Waals surface area (Å²) in [5.74, 6) is -2.54. The number of nitrogens with one attached hydrogen (secondary N) is 4. The number of aliphatic carboxylic acids is 1. The molecule has 1 heterocycles. The van der Waals surface area contributed by atoms with Crippen molar-refractivity contribution in [2.24, 2.45) is 17.6 Å². The minimum Gasteiger partial charge on any atom is -0.480 e. The Morgan fingerprint density at radius 3 is 2.19 bits per heavy atom. The lowest BCUT2D eigenvalue weighted by atomic mass is 10.0. The second kappa shape index (κ2) is 12.7. The number of nitrogens with two attached hydrogens (primary N) is 1. The third-order valence-corrected chi connectivity index (χ3v) is 4.44. The van der Waals surface area contributed by atoms with Gasteiger partial charge in [0.05, 0.1) is 18.9 Å². The minimum absolute atomic E-state index is 0.0210. The van der Waals surface area contributed by atoms with Crippen LogP contribution < -0.4 is 21.7 Å². The number of aromatic amines is 1. The highest BCUT2D eigenvalue weighted by molar-refractivity contribution is 5.92. The monoisotopic (exact) mass is 438 g/mol. The molecule has 0 aliphatic carbocycles. The fraction of sp³-hybridized carbons (Fsp3) is 0.650. The molecule has 1 aromatic rings. The van der Waals surface area contributed by atoms with E-state index in [1.54, 1.807) is 0 Å². The molecule has 3 unspecified atom stereocenters. The van der Waals surface area contributed by atoms with Gasteiger partial charge in [0.25, 0.3) is 0 Å². The third kappa shape index (κ3) is 10.1. The Labute approximate surface area is 181 Å². The summed E-state index contributed by atoms with van der Waals surface area (Å²) in [7, 11) is 0. The van der Waals surface area contributed by atoms with Gasteiger partial charge in [0.1, 0.15) is 12.1 Å². The largest absolute Gasteiger partial charge is 0.480 e. The smallest absolute Gasteiger partial charge is 0.326 e. The van der Waals surface area contributed by atoms with Crippen molar-refractivity contribution in [1.29, 1.82) is 0 Å². The summed E-state index contributed by atoms with van der Waals surface area (Å²) in [4.78, 5) is 55.1. The second-order valence-electron chi connectivity index (χ2n) is 8.38. The van der Waals surface area contributed by atoms with E-state index in [2.05, 4.69) is 25.9 Å². The van der Waals surface area contributed by atoms with Crippen LogP contribution in [-0.2, 0) is 25.6 Å². The van der Waals surface area contributed by atoms with Crippen LogP contribution in [0.3, 0.4) is 0 Å². The van der Waals surface area contributed by atoms with Crippen molar-refractivity contribution in [3.63, 3.8) is 0 Å². The molecule has 0 fully saturated rings. The number of rotatable bonds is 13. The number of hydrogen-bond donors (Lipinski definition) is 6. The summed E-state index contributed by atoms with van der Waals surface area (Å²) < 4.78 is 0. The zero-order valence-corrected chi connectivity index (χ0v) is 18.5. The predicted octanol–water partition coefficient (Wildman–Crippen LogP) is -0.458. The van der Waals surface area contributed by atoms with Gasteiger partial charge in [-0.15, -0.1) is 0 Å². The van der Waals surface area contributed by atoms with Crippen LogP contribution in [0.15, 0.2) is 12.5 Å². The van der Waals surface area contributed by atoms with Crippen molar-refractivity contribution in [3.05, 3.63) is 18.2 Å². The maximum Gasteiger partial charge on any atom is 0.326 e. The zero-order valence-electron chi connectivity index (χ0n) is 18.5. The molecule has 31 heavy (non-hydrogen) atoms. The standard InChI is InChI=1S/C20H34N6O5/c1-11(2)5-14(21)18(28)23-9-17(27)25-15(6-12(3)4)19(29)26-16(20(30)31)7-13-8-22-10-24-13/h8,10-12,14-16H,5-7,9,21H2,1-4H3,(H,22,24)(H,23,28)(H,25,27)(H,26,29)(H,30,31). The molecule has 0 radical (unpaired) electrons. The van der Waals surface area contributed by atoms with Gasteiger partial charge in [-0.05, 0) is 24.7 Å². The first kappa shape index (κ1) is 26.1. The van der Waals surface area contributed by atoms with Crippen molar-refractivity contribution >= 4 is 23.7 Å². The Morgan fingerprint density at radius 2 is 1.68 bits per heavy atom. The van der Waals surface area contributed by atoms with Gasteiger partial charge in [-0.2, -0.15) is 0 Å². The number of nitrogens with zero attached hydrogens (tertiary/aromatic N) is 1. The molecule has 0 aliphatic rings. The molecule has 1 aromatic heterocycles. The molecule has 0 aromatic carbocycles. The van der Waals surface area contributed by atoms with E-state index < -0.39 is 41.8 Å². The molecule has 0 aliphatic heterocycles. The van der Waals surface area contributed by atoms with E-state index in [0.717, 1.165) is 0 Å². The van der Waals surface area contributed by atoms with Crippen molar-refractivity contribution < 1.29 is 24.3 Å². The van der Waals surface area contributed by atoms with Crippen LogP contribution in [0, 0.1) is 11.8 Å². The lowest BCUT2D eigenvalue weighted by Crippen LogP contribution is -2.54. The highest BCUT2D eigenvalue weighted by Gasteiger charge is 2.28. The summed E-state index contributed by atoms with van der Waals surface area (Å²) in [5, 5.41) is 16.9. The quantitative estimate of drug-likeness (QED) is 0.241. The normalized spacial score (nSPS) is 14.0. The van der Waals surface area contributed by atoms with Crippen LogP contribution in [0.2, 0.25) is 0 Å². The van der Waals surface area contributed by atoms with Crippen LogP contribution in [-0.4, -0.2) is 63.4 Å². The SMILES string of the molecule is CC(C)CC(N)C(=O)NCC(=O)NC(CC(C)C)C(=O)NC(Cc1cnc[nH]1)C(=O)O. The fourth-order valence-electron chi connectivity index (χ4n) is 2.95. The van der Waals surface area contributed by atoms with Crippen LogP contribution in [0.4, 0.5) is 0 Å². The van der Waals surface area contributed by atoms with Gasteiger partial charge in [-0.3, -0.25) is 14.4 Å². The van der Waals surface area contributed by atoms with E-state index in [1.165, 1.54) is 12.5 Å². The molecule has 0 spiro atoms. The number of H-pyrrole nitrogens is 1. The Morgan fingerprint density at radius 1 is 1.03 bits per heavy atom. The number of carboxylic acid groups (broad SMARTS) is 1. The minimum atomic E-state index is -1.20. The molecule has 11 nitrogen and oxygen atoms in total. The molecule has 3 amide bonds. The summed E-state index contributed by atoms with van der Waals surface area (Å²) in [6.07, 6.45) is 3.70. The Hall–Kier alpha value is -2.95. The molecule has 0 saturated heterocycles. The van der Waals surface area contributed by atoms with E-state index >= 15 is 0 Å². The average Bonchev–Trinajstić information content (AvgIpc) is 3.17. The second-order valence-corrected chi connectivity index (χ2v) is 8.38. The molecule has 0 bridgehead atoms. The number of carbonyl (C=O) groups is 4. The third-order valence-electron chi connectivity index (χ3n) is 4.44. The number of aromatic nitrogens is 2. The summed E-state index contributed by atoms with van der Waals surface area (Å²) in [5.41, 5.74) is 6.34. The maximum absolute atomic E-state index is 12.7. The van der Waals surface area contributed by atoms with Gasteiger partial charge in [0.15, 0.2) is 0 Å². The molecule has 0 saturated carbocycles. The summed E-state index contributed by atoms with van der Waals surface area (Å²) >= 11 is 0. The predicted molar refractivity (Wildman–Crippen MR) is 114 cm³/mol. The van der Waals surface area contributed by atoms with Crippen LogP contribution >= 0.6 is 0 Å². The Bertz CT molecular complexity index is 734. The van der Waals surface area contributed by atoms with E-state index in [9.17, 15) is 24.3 Å². The number of carbonyl (C=O) groups excluding carboxylic acids is 3. The fourth-order valence-corrected chi connectivity index (χ4v) is 2.95. The van der Waals surface area contributed by atoms with Crippen molar-refractivity contribution in [2.75, 3.05) is 6.54 Å². The van der Waals surface area contributed by atoms with E-state index in [0.29, 0.717) is 18.5 Å². The number of hydrogen-bond acceptors (Lipinski definition) is 6. The first-order chi connectivity index (χ1) is 14.5. The molecular formula is C20H34N6O5. The summed E-state index contributed by atoms with van der Waals surface area (Å²) in [6.45, 7) is 7.29. The zero-order chi connectivity index (χ0) is 23.6. The van der Waals surface area contributed by atoms with E-state index in [4.69, 9.17) is 5.73 Å². The average molecular weight is 439 g/mol. The Kier molecular flexibility index (Phi) is 10.7. The molecular weight excluding hydrogens is 404 g/mol. The number of amides is 3. The molecule has 1 rings (SSSR count). The van der Waals surface area contributed by atoms with Crippen molar-refractivity contribution in [1.82, 2.24) is 25.9 Å². The van der Waals surface area contributed by atoms with Gasteiger partial charge in [-0.1, -0.05) is 27.7 Å². The van der Waals surface area contributed by atoms with Crippen LogP contribution in [0.25, 0.3) is 0 Å². The lowest BCUT2D eigenvalue weighted by Gasteiger charge is -2.23. The lowest BCUT2D eigenvalue weighted by molar-refractivity contribution is -0.142. The molecule has 3 atom stereocenters. The highest BCUT2D eigenvalue weighted by atomic mass is 16.4. The van der Waals surface area contributed by atoms with Crippen molar-refractivity contribution in [3.8, 4) is 0 Å². The van der Waals surface area contributed by atoms with Crippen LogP contribution in [0.5, 0.6) is 0 Å². The van der Waals surface area contributed by atoms with Crippen molar-refractivity contribution in [2.45, 2.75) is 65.1 Å². The highest BCUT2D eigenvalue weighted by Crippen LogP contribution is 2.07. The van der Waals surface area contributed by atoms with Gasteiger partial charge in [0, 0.05) is 18.3 Å². The van der Waals surface area contributed by atoms with Gasteiger partial charge >= 0.3 is 5.97 Å². The Balaban J connectivity index is 2.69. The first-order valence-electron chi connectivity index (χ1n) is 10.3. The maximum atomic E-state index is 12.7. The van der Waals surface area contributed by atoms with Gasteiger partial charge in [-0.25, -0.2) is 9.78 Å². The van der Waals surface area contributed by atoms with Gasteiger partial charge < -0.3 is 31.8 Å². The van der Waals surface area contributed by atoms with E-state index in [1.807, 2.05) is 27.7 Å². The summed E-state index contributed by atoms with van der Waals surface area (Å²) in [6, 6.07) is -2.85. The van der Waals surface area contributed by atoms with Crippen LogP contribution in [0.1, 0.15) is 46.2 Å². The number of carboxylic acids is 1. The molecule has 11 heteroatoms. The number of imidazole rings is 1. The molecule has 7 N–H and O–H groups in total. The topological polar surface area (TPSA) is 179 Å². The molecule has 174 valence electrons. The van der Waals surface area contributed by atoms with Gasteiger partial charge in [0.2, 0.25) is 17.7 Å².